The second-order valence-electron chi connectivity index (χ2n) is 5.16. The van der Waals surface area contributed by atoms with Crippen LogP contribution in [-0.2, 0) is 11.2 Å². The molecule has 0 unspecified atom stereocenters. The Morgan fingerprint density at radius 3 is 2.50 bits per heavy atom. The number of halogens is 2. The fourth-order valence-corrected chi connectivity index (χ4v) is 3.07. The van der Waals surface area contributed by atoms with E-state index in [9.17, 15) is 4.79 Å². The van der Waals surface area contributed by atoms with E-state index in [-0.39, 0.29) is 5.91 Å². The summed E-state index contributed by atoms with van der Waals surface area (Å²) in [4.78, 5) is 13.4. The normalized spacial score (nSPS) is 14.0. The number of anilines is 2. The number of fused-ring (bicyclic) bond motifs is 1. The molecule has 114 valence electrons. The number of nitrogens with zero attached hydrogens (tertiary/aromatic N) is 1. The summed E-state index contributed by atoms with van der Waals surface area (Å²) in [6.45, 7) is 0. The molecular weight excluding hydrogens is 323 g/mol. The second-order valence-corrected chi connectivity index (χ2v) is 5.97. The van der Waals surface area contributed by atoms with E-state index in [2.05, 4.69) is 0 Å². The fraction of sp³-hybridized carbons (Fsp3) is 0.188. The minimum absolute atomic E-state index is 0.116. The molecule has 6 heteroatoms. The number of amides is 1. The highest BCUT2D eigenvalue weighted by atomic mass is 35.5. The Hall–Kier alpha value is -1.91. The largest absolute Gasteiger partial charge is 0.454 e. The van der Waals surface area contributed by atoms with Crippen LogP contribution in [-0.4, -0.2) is 13.0 Å². The highest BCUT2D eigenvalue weighted by molar-refractivity contribution is 6.37. The molecule has 0 aromatic heterocycles. The van der Waals surface area contributed by atoms with Gasteiger partial charge in [-0.3, -0.25) is 4.79 Å². The number of hydrogen-bond acceptors (Lipinski definition) is 3. The van der Waals surface area contributed by atoms with Gasteiger partial charge >= 0.3 is 0 Å². The zero-order chi connectivity index (χ0) is 15.9. The fourth-order valence-electron chi connectivity index (χ4n) is 2.49. The van der Waals surface area contributed by atoms with Crippen molar-refractivity contribution in [3.63, 3.8) is 0 Å². The quantitative estimate of drug-likeness (QED) is 0.833. The third-order valence-corrected chi connectivity index (χ3v) is 4.20. The second kappa shape index (κ2) is 5.71. The van der Waals surface area contributed by atoms with Gasteiger partial charge in [-0.05, 0) is 42.3 Å². The smallest absolute Gasteiger partial charge is 0.227 e. The van der Waals surface area contributed by atoms with Crippen molar-refractivity contribution in [2.24, 2.45) is 0 Å². The van der Waals surface area contributed by atoms with Crippen LogP contribution < -0.4 is 15.4 Å². The number of ether oxygens (including phenoxy) is 1. The number of hydrogen-bond donors (Lipinski definition) is 1. The zero-order valence-electron chi connectivity index (χ0n) is 11.9. The third-order valence-electron chi connectivity index (χ3n) is 3.64. The van der Waals surface area contributed by atoms with Crippen LogP contribution in [0.2, 0.25) is 10.0 Å². The van der Waals surface area contributed by atoms with Crippen LogP contribution in [0, 0.1) is 0 Å². The van der Waals surface area contributed by atoms with E-state index >= 15 is 0 Å². The van der Waals surface area contributed by atoms with Crippen molar-refractivity contribution >= 4 is 40.5 Å². The number of aryl methyl sites for hydroxylation is 1. The summed E-state index contributed by atoms with van der Waals surface area (Å²) in [5.74, 6) is 1.11. The lowest BCUT2D eigenvalue weighted by molar-refractivity contribution is -0.118. The van der Waals surface area contributed by atoms with E-state index in [1.54, 1.807) is 30.1 Å². The monoisotopic (exact) mass is 336 g/mol. The van der Waals surface area contributed by atoms with Crippen LogP contribution >= 0.6 is 23.2 Å². The van der Waals surface area contributed by atoms with E-state index in [0.29, 0.717) is 40.1 Å². The Balaban J connectivity index is 1.93. The first-order chi connectivity index (χ1) is 10.5. The van der Waals surface area contributed by atoms with Gasteiger partial charge in [0.25, 0.3) is 0 Å². The van der Waals surface area contributed by atoms with E-state index in [0.717, 1.165) is 11.3 Å². The summed E-state index contributed by atoms with van der Waals surface area (Å²) in [6.07, 6.45) is 1.19. The Labute approximate surface area is 138 Å². The molecule has 0 fully saturated rings. The Morgan fingerprint density at radius 1 is 1.14 bits per heavy atom. The van der Waals surface area contributed by atoms with Gasteiger partial charge in [-0.25, -0.2) is 0 Å². The van der Waals surface area contributed by atoms with E-state index in [1.807, 2.05) is 12.1 Å². The summed E-state index contributed by atoms with van der Waals surface area (Å²) >= 11 is 12.3. The summed E-state index contributed by atoms with van der Waals surface area (Å²) in [5, 5.41) is 0.713. The van der Waals surface area contributed by atoms with E-state index < -0.39 is 0 Å². The molecule has 2 aromatic carbocycles. The summed E-state index contributed by atoms with van der Waals surface area (Å²) in [7, 11) is 1.77. The summed E-state index contributed by atoms with van der Waals surface area (Å²) < 4.78 is 5.80. The van der Waals surface area contributed by atoms with Crippen molar-refractivity contribution in [2.75, 3.05) is 17.7 Å². The molecular formula is C16H14Cl2N2O2. The number of benzene rings is 2. The van der Waals surface area contributed by atoms with Crippen molar-refractivity contribution in [2.45, 2.75) is 12.8 Å². The molecule has 1 aliphatic heterocycles. The van der Waals surface area contributed by atoms with E-state index in [1.165, 1.54) is 0 Å². The maximum Gasteiger partial charge on any atom is 0.227 e. The molecule has 0 saturated heterocycles. The zero-order valence-corrected chi connectivity index (χ0v) is 13.4. The van der Waals surface area contributed by atoms with Crippen molar-refractivity contribution in [3.8, 4) is 11.5 Å². The number of carbonyl (C=O) groups is 1. The predicted octanol–water partition coefficient (Wildman–Crippen LogP) is 4.28. The number of nitrogens with two attached hydrogens (primary N) is 1. The number of nitrogen functional groups attached to an aromatic ring is 1. The van der Waals surface area contributed by atoms with Gasteiger partial charge in [0, 0.05) is 24.8 Å². The Kier molecular flexibility index (Phi) is 3.89. The lowest BCUT2D eigenvalue weighted by atomic mass is 10.0. The highest BCUT2D eigenvalue weighted by Crippen LogP contribution is 2.39. The molecule has 1 aliphatic rings. The van der Waals surface area contributed by atoms with Crippen LogP contribution in [0.4, 0.5) is 11.4 Å². The minimum atomic E-state index is 0.116. The van der Waals surface area contributed by atoms with Gasteiger partial charge in [0.2, 0.25) is 5.91 Å². The van der Waals surface area contributed by atoms with Gasteiger partial charge in [-0.15, -0.1) is 0 Å². The van der Waals surface area contributed by atoms with Crippen LogP contribution in [0.1, 0.15) is 12.0 Å². The Morgan fingerprint density at radius 2 is 1.82 bits per heavy atom. The molecule has 3 rings (SSSR count). The van der Waals surface area contributed by atoms with Crippen molar-refractivity contribution in [3.05, 3.63) is 45.9 Å². The first-order valence-electron chi connectivity index (χ1n) is 6.77. The SMILES string of the molecule is CN1C(=O)CCc2cc(Oc3c(Cl)cc(N)cc3Cl)ccc21. The average molecular weight is 337 g/mol. The molecule has 0 saturated carbocycles. The standard InChI is InChI=1S/C16H14Cl2N2O2/c1-20-14-4-3-11(6-9(14)2-5-15(20)21)22-16-12(17)7-10(19)8-13(16)18/h3-4,6-8H,2,5,19H2,1H3. The summed E-state index contributed by atoms with van der Waals surface area (Å²) in [6, 6.07) is 8.74. The maximum absolute atomic E-state index is 11.7. The van der Waals surface area contributed by atoms with Crippen LogP contribution in [0.3, 0.4) is 0 Å². The van der Waals surface area contributed by atoms with Gasteiger partial charge in [0.15, 0.2) is 5.75 Å². The lowest BCUT2D eigenvalue weighted by Gasteiger charge is -2.26. The van der Waals surface area contributed by atoms with Crippen molar-refractivity contribution in [1.29, 1.82) is 0 Å². The third kappa shape index (κ3) is 2.72. The minimum Gasteiger partial charge on any atom is -0.454 e. The topological polar surface area (TPSA) is 55.6 Å². The van der Waals surface area contributed by atoms with Gasteiger partial charge in [-0.2, -0.15) is 0 Å². The molecule has 2 aromatic rings. The van der Waals surface area contributed by atoms with Crippen LogP contribution in [0.25, 0.3) is 0 Å². The average Bonchev–Trinajstić information content (AvgIpc) is 2.47. The molecule has 0 radical (unpaired) electrons. The van der Waals surface area contributed by atoms with E-state index in [4.69, 9.17) is 33.7 Å². The van der Waals surface area contributed by atoms with Gasteiger partial charge in [-0.1, -0.05) is 23.2 Å². The summed E-state index contributed by atoms with van der Waals surface area (Å²) in [5.41, 5.74) is 8.12. The van der Waals surface area contributed by atoms with Crippen LogP contribution in [0.15, 0.2) is 30.3 Å². The molecule has 1 amide bonds. The van der Waals surface area contributed by atoms with Crippen LogP contribution in [0.5, 0.6) is 11.5 Å². The Bertz CT molecular complexity index is 739. The first kappa shape index (κ1) is 15.0. The molecule has 2 N–H and O–H groups in total. The lowest BCUT2D eigenvalue weighted by Crippen LogP contribution is -2.30. The van der Waals surface area contributed by atoms with Gasteiger partial charge in [0.05, 0.1) is 10.0 Å². The number of rotatable bonds is 2. The highest BCUT2D eigenvalue weighted by Gasteiger charge is 2.21. The maximum atomic E-state index is 11.7. The first-order valence-corrected chi connectivity index (χ1v) is 7.53. The molecule has 0 bridgehead atoms. The molecule has 0 spiro atoms. The molecule has 0 aliphatic carbocycles. The molecule has 0 atom stereocenters. The van der Waals surface area contributed by atoms with Crippen molar-refractivity contribution < 1.29 is 9.53 Å². The molecule has 22 heavy (non-hydrogen) atoms. The van der Waals surface area contributed by atoms with Gasteiger partial charge < -0.3 is 15.4 Å². The van der Waals surface area contributed by atoms with Gasteiger partial charge in [0.1, 0.15) is 5.75 Å². The molecule has 4 nitrogen and oxygen atoms in total. The predicted molar refractivity (Wildman–Crippen MR) is 89.1 cm³/mol. The van der Waals surface area contributed by atoms with Crippen molar-refractivity contribution in [1.82, 2.24) is 0 Å². The molecule has 1 heterocycles. The number of carbonyl (C=O) groups excluding carboxylic acids is 1.